The quantitative estimate of drug-likeness (QED) is 0.652. The summed E-state index contributed by atoms with van der Waals surface area (Å²) in [7, 11) is 0. The molecule has 3 atom stereocenters. The highest BCUT2D eigenvalue weighted by Crippen LogP contribution is 2.69. The Hall–Kier alpha value is -3.00. The van der Waals surface area contributed by atoms with E-state index in [2.05, 4.69) is 29.0 Å². The van der Waals surface area contributed by atoms with Gasteiger partial charge in [-0.3, -0.25) is 0 Å². The van der Waals surface area contributed by atoms with E-state index in [4.69, 9.17) is 4.98 Å². The van der Waals surface area contributed by atoms with Crippen LogP contribution in [0.1, 0.15) is 56.0 Å². The standard InChI is InChI=1S/C25H25F2N5O/c1-24(2)16-6-9-25(24,20-7-10-28-23(29-20)32-11-8-14(33)13-32)22-15(16)12-19(30-31-22)21-17(26)4-3-5-18(21)27/h3-5,7,10,12,14,16,33H,6,8-9,11,13H2,1-2H3/t14-,16-,25-/m0/s1. The van der Waals surface area contributed by atoms with Crippen molar-refractivity contribution in [3.8, 4) is 11.3 Å². The number of halogens is 2. The zero-order valence-electron chi connectivity index (χ0n) is 18.6. The third kappa shape index (κ3) is 2.73. The molecule has 1 saturated carbocycles. The molecule has 3 aromatic rings. The number of hydrogen-bond acceptors (Lipinski definition) is 6. The van der Waals surface area contributed by atoms with Crippen molar-refractivity contribution in [3.63, 3.8) is 0 Å². The van der Waals surface area contributed by atoms with E-state index in [1.54, 1.807) is 6.20 Å². The number of benzene rings is 1. The molecule has 3 aliphatic rings. The number of aliphatic hydroxyl groups excluding tert-OH is 1. The second-order valence-electron chi connectivity index (χ2n) is 9.98. The van der Waals surface area contributed by atoms with Gasteiger partial charge >= 0.3 is 0 Å². The lowest BCUT2D eigenvalue weighted by molar-refractivity contribution is 0.198. The van der Waals surface area contributed by atoms with Crippen LogP contribution >= 0.6 is 0 Å². The van der Waals surface area contributed by atoms with Crippen molar-refractivity contribution >= 4 is 5.95 Å². The van der Waals surface area contributed by atoms with Gasteiger partial charge in [-0.2, -0.15) is 5.10 Å². The molecule has 2 bridgehead atoms. The number of nitrogens with zero attached hydrogens (tertiary/aromatic N) is 5. The number of fused-ring (bicyclic) bond motifs is 5. The Morgan fingerprint density at radius 3 is 2.61 bits per heavy atom. The van der Waals surface area contributed by atoms with Crippen LogP contribution in [0.25, 0.3) is 11.3 Å². The molecule has 0 spiro atoms. The van der Waals surface area contributed by atoms with Gasteiger partial charge in [0.1, 0.15) is 11.6 Å². The Kier molecular flexibility index (Phi) is 4.37. The fraction of sp³-hybridized carbons (Fsp3) is 0.440. The first-order chi connectivity index (χ1) is 15.8. The highest BCUT2D eigenvalue weighted by molar-refractivity contribution is 5.64. The van der Waals surface area contributed by atoms with E-state index in [1.165, 1.54) is 18.2 Å². The maximum Gasteiger partial charge on any atom is 0.225 e. The van der Waals surface area contributed by atoms with Gasteiger partial charge in [0.2, 0.25) is 5.95 Å². The molecule has 1 saturated heterocycles. The van der Waals surface area contributed by atoms with Crippen molar-refractivity contribution < 1.29 is 13.9 Å². The average molecular weight is 450 g/mol. The summed E-state index contributed by atoms with van der Waals surface area (Å²) in [5.41, 5.74) is 2.15. The average Bonchev–Trinajstić information content (AvgIpc) is 3.40. The van der Waals surface area contributed by atoms with Crippen LogP contribution in [0.3, 0.4) is 0 Å². The van der Waals surface area contributed by atoms with Crippen molar-refractivity contribution in [1.82, 2.24) is 20.2 Å². The van der Waals surface area contributed by atoms with E-state index in [1.807, 2.05) is 17.0 Å². The van der Waals surface area contributed by atoms with Gasteiger partial charge in [-0.05, 0) is 60.4 Å². The first-order valence-electron chi connectivity index (χ1n) is 11.4. The van der Waals surface area contributed by atoms with Crippen LogP contribution in [0.5, 0.6) is 0 Å². The zero-order chi connectivity index (χ0) is 23.0. The summed E-state index contributed by atoms with van der Waals surface area (Å²) in [6, 6.07) is 7.59. The van der Waals surface area contributed by atoms with Crippen LogP contribution in [-0.2, 0) is 5.41 Å². The van der Waals surface area contributed by atoms with E-state index in [0.29, 0.717) is 18.9 Å². The molecule has 0 amide bonds. The van der Waals surface area contributed by atoms with Gasteiger partial charge < -0.3 is 10.0 Å². The molecule has 2 aromatic heterocycles. The topological polar surface area (TPSA) is 75.0 Å². The molecule has 33 heavy (non-hydrogen) atoms. The van der Waals surface area contributed by atoms with Gasteiger partial charge in [0.05, 0.1) is 34.2 Å². The van der Waals surface area contributed by atoms with Crippen LogP contribution < -0.4 is 4.90 Å². The van der Waals surface area contributed by atoms with Gasteiger partial charge in [0.25, 0.3) is 0 Å². The number of rotatable bonds is 3. The van der Waals surface area contributed by atoms with Gasteiger partial charge in [0.15, 0.2) is 0 Å². The molecule has 0 unspecified atom stereocenters. The van der Waals surface area contributed by atoms with E-state index in [0.717, 1.165) is 36.3 Å². The van der Waals surface area contributed by atoms with Crippen molar-refractivity contribution in [2.75, 3.05) is 18.0 Å². The predicted octanol–water partition coefficient (Wildman–Crippen LogP) is 3.99. The van der Waals surface area contributed by atoms with Crippen LogP contribution in [-0.4, -0.2) is 44.5 Å². The number of anilines is 1. The normalized spacial score (nSPS) is 27.2. The second-order valence-corrected chi connectivity index (χ2v) is 9.98. The molecular weight excluding hydrogens is 424 g/mol. The monoisotopic (exact) mass is 449 g/mol. The maximum absolute atomic E-state index is 14.4. The van der Waals surface area contributed by atoms with Crippen LogP contribution in [0.4, 0.5) is 14.7 Å². The molecule has 1 aromatic carbocycles. The Labute approximate surface area is 190 Å². The first kappa shape index (κ1) is 20.6. The van der Waals surface area contributed by atoms with E-state index >= 15 is 0 Å². The SMILES string of the molecule is CC1(C)[C@H]2CC[C@]1(c1ccnc(N3CC[C@H](O)C3)n1)c1nnc(-c3c(F)cccc3F)cc12. The zero-order valence-corrected chi connectivity index (χ0v) is 18.6. The number of aromatic nitrogens is 4. The van der Waals surface area contributed by atoms with Crippen LogP contribution in [0, 0.1) is 17.0 Å². The lowest BCUT2D eigenvalue weighted by atomic mass is 9.66. The number of β-amino-alcohol motifs (C(OH)–C–C–N with tert-alkyl or cyclic N) is 1. The Balaban J connectivity index is 1.49. The molecule has 1 N–H and O–H groups in total. The molecule has 2 fully saturated rings. The summed E-state index contributed by atoms with van der Waals surface area (Å²) in [6.45, 7) is 5.68. The second kappa shape index (κ2) is 7.00. The largest absolute Gasteiger partial charge is 0.391 e. The highest BCUT2D eigenvalue weighted by atomic mass is 19.1. The summed E-state index contributed by atoms with van der Waals surface area (Å²) in [4.78, 5) is 11.4. The Morgan fingerprint density at radius 2 is 1.88 bits per heavy atom. The van der Waals surface area contributed by atoms with Crippen molar-refractivity contribution in [2.24, 2.45) is 5.41 Å². The molecule has 1 aliphatic heterocycles. The molecule has 8 heteroatoms. The van der Waals surface area contributed by atoms with Gasteiger partial charge in [-0.15, -0.1) is 5.10 Å². The molecule has 3 heterocycles. The van der Waals surface area contributed by atoms with Crippen molar-refractivity contribution in [2.45, 2.75) is 50.5 Å². The van der Waals surface area contributed by atoms with E-state index in [9.17, 15) is 13.9 Å². The van der Waals surface area contributed by atoms with E-state index in [-0.39, 0.29) is 28.7 Å². The van der Waals surface area contributed by atoms with Crippen LogP contribution in [0.2, 0.25) is 0 Å². The van der Waals surface area contributed by atoms with Gasteiger partial charge in [-0.1, -0.05) is 19.9 Å². The molecule has 6 rings (SSSR count). The Morgan fingerprint density at radius 1 is 1.09 bits per heavy atom. The summed E-state index contributed by atoms with van der Waals surface area (Å²) in [5.74, 6) is -0.489. The highest BCUT2D eigenvalue weighted by Gasteiger charge is 2.65. The van der Waals surface area contributed by atoms with Crippen molar-refractivity contribution in [3.05, 3.63) is 65.1 Å². The molecule has 2 aliphatic carbocycles. The maximum atomic E-state index is 14.4. The minimum atomic E-state index is -0.644. The van der Waals surface area contributed by atoms with E-state index < -0.39 is 17.0 Å². The Bertz CT molecular complexity index is 1250. The number of hydrogen-bond donors (Lipinski definition) is 1. The van der Waals surface area contributed by atoms with Crippen molar-refractivity contribution in [1.29, 1.82) is 0 Å². The third-order valence-electron chi connectivity index (χ3n) is 8.13. The summed E-state index contributed by atoms with van der Waals surface area (Å²) in [6.07, 6.45) is 3.93. The molecular formula is C25H25F2N5O. The summed E-state index contributed by atoms with van der Waals surface area (Å²) in [5, 5.41) is 18.8. The predicted molar refractivity (Wildman–Crippen MR) is 119 cm³/mol. The fourth-order valence-corrected chi connectivity index (χ4v) is 6.42. The summed E-state index contributed by atoms with van der Waals surface area (Å²) >= 11 is 0. The lowest BCUT2D eigenvalue weighted by Crippen LogP contribution is -2.38. The fourth-order valence-electron chi connectivity index (χ4n) is 6.42. The lowest BCUT2D eigenvalue weighted by Gasteiger charge is -2.37. The molecule has 6 nitrogen and oxygen atoms in total. The smallest absolute Gasteiger partial charge is 0.225 e. The van der Waals surface area contributed by atoms with Gasteiger partial charge in [0, 0.05) is 19.3 Å². The number of aliphatic hydroxyl groups is 1. The van der Waals surface area contributed by atoms with Gasteiger partial charge in [-0.25, -0.2) is 18.7 Å². The summed E-state index contributed by atoms with van der Waals surface area (Å²) < 4.78 is 28.9. The molecule has 0 radical (unpaired) electrons. The minimum Gasteiger partial charge on any atom is -0.391 e. The first-order valence-corrected chi connectivity index (χ1v) is 11.4. The van der Waals surface area contributed by atoms with Crippen LogP contribution in [0.15, 0.2) is 36.5 Å². The third-order valence-corrected chi connectivity index (χ3v) is 8.13. The molecule has 170 valence electrons. The minimum absolute atomic E-state index is 0.139.